The highest BCUT2D eigenvalue weighted by Gasteiger charge is 2.24. The van der Waals surface area contributed by atoms with Crippen LogP contribution in [-0.2, 0) is 6.42 Å². The third-order valence-electron chi connectivity index (χ3n) is 3.76. The van der Waals surface area contributed by atoms with Crippen molar-refractivity contribution in [2.24, 2.45) is 5.73 Å². The molecule has 2 unspecified atom stereocenters. The molecule has 106 valence electrons. The van der Waals surface area contributed by atoms with E-state index in [9.17, 15) is 0 Å². The van der Waals surface area contributed by atoms with Gasteiger partial charge in [0.2, 0.25) is 0 Å². The minimum Gasteiger partial charge on any atom is -0.366 e. The Labute approximate surface area is 121 Å². The highest BCUT2D eigenvalue weighted by atomic mass is 35.5. The molecule has 0 spiro atoms. The molecule has 0 saturated carbocycles. The Kier molecular flexibility index (Phi) is 4.71. The molecule has 0 amide bonds. The van der Waals surface area contributed by atoms with Gasteiger partial charge in [-0.3, -0.25) is 0 Å². The Morgan fingerprint density at radius 2 is 2.16 bits per heavy atom. The van der Waals surface area contributed by atoms with Crippen molar-refractivity contribution < 1.29 is 0 Å². The van der Waals surface area contributed by atoms with Gasteiger partial charge in [-0.25, -0.2) is 0 Å². The quantitative estimate of drug-likeness (QED) is 0.923. The predicted octanol–water partition coefficient (Wildman–Crippen LogP) is 2.37. The highest BCUT2D eigenvalue weighted by molar-refractivity contribution is 6.31. The normalized spacial score (nSPS) is 22.6. The van der Waals surface area contributed by atoms with Crippen molar-refractivity contribution in [3.8, 4) is 0 Å². The molecule has 1 saturated heterocycles. The van der Waals surface area contributed by atoms with Gasteiger partial charge in [-0.05, 0) is 45.0 Å². The van der Waals surface area contributed by atoms with E-state index >= 15 is 0 Å². The lowest BCUT2D eigenvalue weighted by Crippen LogP contribution is -2.50. The number of nitrogens with two attached hydrogens (primary N) is 1. The van der Waals surface area contributed by atoms with Gasteiger partial charge in [-0.2, -0.15) is 0 Å². The van der Waals surface area contributed by atoms with Crippen LogP contribution in [0.3, 0.4) is 0 Å². The van der Waals surface area contributed by atoms with Gasteiger partial charge >= 0.3 is 0 Å². The van der Waals surface area contributed by atoms with Crippen LogP contribution in [0, 0.1) is 0 Å². The first kappa shape index (κ1) is 14.6. The summed E-state index contributed by atoms with van der Waals surface area (Å²) in [6.45, 7) is 7.52. The van der Waals surface area contributed by atoms with Crippen molar-refractivity contribution in [2.45, 2.75) is 32.4 Å². The second-order valence-corrected chi connectivity index (χ2v) is 6.13. The third-order valence-corrected chi connectivity index (χ3v) is 4.11. The van der Waals surface area contributed by atoms with Crippen LogP contribution in [0.5, 0.6) is 0 Å². The Hall–Kier alpha value is -0.770. The molecule has 1 aliphatic heterocycles. The molecule has 0 aliphatic carbocycles. The summed E-state index contributed by atoms with van der Waals surface area (Å²) in [5.41, 5.74) is 8.41. The minimum absolute atomic E-state index is 0.126. The fourth-order valence-corrected chi connectivity index (χ4v) is 3.08. The smallest absolute Gasteiger partial charge is 0.0459 e. The molecule has 1 aromatic rings. The van der Waals surface area contributed by atoms with Gasteiger partial charge in [0.25, 0.3) is 0 Å². The second kappa shape index (κ2) is 6.12. The second-order valence-electron chi connectivity index (χ2n) is 5.72. The molecule has 4 heteroatoms. The van der Waals surface area contributed by atoms with E-state index in [2.05, 4.69) is 29.8 Å². The maximum absolute atomic E-state index is 6.38. The van der Waals surface area contributed by atoms with Crippen LogP contribution < -0.4 is 10.6 Å². The number of nitrogens with zero attached hydrogens (tertiary/aromatic N) is 2. The SMILES string of the molecule is CC(N)Cc1c(Cl)cccc1N1CCN(C)CC1C. The summed E-state index contributed by atoms with van der Waals surface area (Å²) >= 11 is 6.38. The topological polar surface area (TPSA) is 32.5 Å². The zero-order valence-electron chi connectivity index (χ0n) is 12.1. The maximum Gasteiger partial charge on any atom is 0.0459 e. The lowest BCUT2D eigenvalue weighted by atomic mass is 10.0. The number of hydrogen-bond donors (Lipinski definition) is 1. The van der Waals surface area contributed by atoms with Gasteiger partial charge in [0.1, 0.15) is 0 Å². The lowest BCUT2D eigenvalue weighted by molar-refractivity contribution is 0.275. The van der Waals surface area contributed by atoms with Crippen LogP contribution in [0.15, 0.2) is 18.2 Å². The van der Waals surface area contributed by atoms with Crippen LogP contribution in [0.4, 0.5) is 5.69 Å². The van der Waals surface area contributed by atoms with Crippen LogP contribution in [-0.4, -0.2) is 43.7 Å². The molecule has 1 heterocycles. The molecule has 1 aromatic carbocycles. The van der Waals surface area contributed by atoms with Crippen molar-refractivity contribution in [3.05, 3.63) is 28.8 Å². The first-order chi connectivity index (χ1) is 8.99. The number of piperazine rings is 1. The molecule has 19 heavy (non-hydrogen) atoms. The van der Waals surface area contributed by atoms with E-state index < -0.39 is 0 Å². The average Bonchev–Trinajstić information content (AvgIpc) is 2.32. The Morgan fingerprint density at radius 3 is 2.79 bits per heavy atom. The van der Waals surface area contributed by atoms with E-state index in [-0.39, 0.29) is 6.04 Å². The maximum atomic E-state index is 6.38. The van der Waals surface area contributed by atoms with Crippen molar-refractivity contribution in [3.63, 3.8) is 0 Å². The fourth-order valence-electron chi connectivity index (χ4n) is 2.84. The molecular formula is C15H24ClN3. The van der Waals surface area contributed by atoms with Crippen LogP contribution in [0.2, 0.25) is 5.02 Å². The number of halogens is 1. The monoisotopic (exact) mass is 281 g/mol. The van der Waals surface area contributed by atoms with Gasteiger partial charge in [-0.15, -0.1) is 0 Å². The molecule has 2 N–H and O–H groups in total. The highest BCUT2D eigenvalue weighted by Crippen LogP contribution is 2.30. The van der Waals surface area contributed by atoms with Crippen molar-refractivity contribution in [1.29, 1.82) is 0 Å². The summed E-state index contributed by atoms with van der Waals surface area (Å²) in [7, 11) is 2.18. The average molecular weight is 282 g/mol. The van der Waals surface area contributed by atoms with Crippen LogP contribution in [0.1, 0.15) is 19.4 Å². The molecule has 0 aromatic heterocycles. The number of benzene rings is 1. The largest absolute Gasteiger partial charge is 0.366 e. The zero-order valence-corrected chi connectivity index (χ0v) is 12.8. The number of likely N-dealkylation sites (N-methyl/N-ethyl adjacent to an activating group) is 1. The van der Waals surface area contributed by atoms with Gasteiger partial charge in [0.15, 0.2) is 0 Å². The summed E-state index contributed by atoms with van der Waals surface area (Å²) in [6, 6.07) is 6.80. The van der Waals surface area contributed by atoms with Crippen molar-refractivity contribution in [1.82, 2.24) is 4.90 Å². The number of hydrogen-bond acceptors (Lipinski definition) is 3. The van der Waals surface area contributed by atoms with E-state index in [0.29, 0.717) is 6.04 Å². The summed E-state index contributed by atoms with van der Waals surface area (Å²) in [4.78, 5) is 4.83. The summed E-state index contributed by atoms with van der Waals surface area (Å²) < 4.78 is 0. The Morgan fingerprint density at radius 1 is 1.42 bits per heavy atom. The third kappa shape index (κ3) is 3.41. The molecule has 2 atom stereocenters. The predicted molar refractivity (Wildman–Crippen MR) is 83.1 cm³/mol. The van der Waals surface area contributed by atoms with Crippen molar-refractivity contribution >= 4 is 17.3 Å². The minimum atomic E-state index is 0.126. The molecule has 3 nitrogen and oxygen atoms in total. The van der Waals surface area contributed by atoms with E-state index in [1.807, 2.05) is 19.1 Å². The van der Waals surface area contributed by atoms with Gasteiger partial charge in [0, 0.05) is 42.4 Å². The van der Waals surface area contributed by atoms with Crippen LogP contribution >= 0.6 is 11.6 Å². The van der Waals surface area contributed by atoms with Gasteiger partial charge in [0.05, 0.1) is 0 Å². The Bertz CT molecular complexity index is 433. The molecule has 0 bridgehead atoms. The fraction of sp³-hybridized carbons (Fsp3) is 0.600. The van der Waals surface area contributed by atoms with E-state index in [4.69, 9.17) is 17.3 Å². The standard InChI is InChI=1S/C15H24ClN3/c1-11(17)9-13-14(16)5-4-6-15(13)19-8-7-18(3)10-12(19)2/h4-6,11-12H,7-10,17H2,1-3H3. The Balaban J connectivity index is 2.30. The first-order valence-corrected chi connectivity index (χ1v) is 7.35. The number of anilines is 1. The lowest BCUT2D eigenvalue weighted by Gasteiger charge is -2.41. The summed E-state index contributed by atoms with van der Waals surface area (Å²) in [6.07, 6.45) is 0.827. The van der Waals surface area contributed by atoms with Gasteiger partial charge < -0.3 is 15.5 Å². The van der Waals surface area contributed by atoms with Gasteiger partial charge in [-0.1, -0.05) is 17.7 Å². The van der Waals surface area contributed by atoms with Crippen molar-refractivity contribution in [2.75, 3.05) is 31.6 Å². The molecule has 0 radical (unpaired) electrons. The summed E-state index contributed by atoms with van der Waals surface area (Å²) in [5.74, 6) is 0. The van der Waals surface area contributed by atoms with Crippen LogP contribution in [0.25, 0.3) is 0 Å². The van der Waals surface area contributed by atoms with E-state index in [1.165, 1.54) is 11.3 Å². The molecule has 1 aliphatic rings. The first-order valence-electron chi connectivity index (χ1n) is 6.97. The summed E-state index contributed by atoms with van der Waals surface area (Å²) in [5, 5.41) is 0.834. The zero-order chi connectivity index (χ0) is 14.0. The van der Waals surface area contributed by atoms with E-state index in [1.54, 1.807) is 0 Å². The molecule has 1 fully saturated rings. The molecule has 2 rings (SSSR count). The number of rotatable bonds is 3. The molecular weight excluding hydrogens is 258 g/mol. The van der Waals surface area contributed by atoms with E-state index in [0.717, 1.165) is 31.1 Å².